The van der Waals surface area contributed by atoms with Crippen LogP contribution in [0.15, 0.2) is 29.2 Å². The summed E-state index contributed by atoms with van der Waals surface area (Å²) in [6, 6.07) is 7.59. The lowest BCUT2D eigenvalue weighted by Crippen LogP contribution is -2.51. The van der Waals surface area contributed by atoms with Crippen molar-refractivity contribution in [2.24, 2.45) is 23.2 Å². The van der Waals surface area contributed by atoms with Gasteiger partial charge in [-0.2, -0.15) is 0 Å². The molecule has 5 nitrogen and oxygen atoms in total. The Morgan fingerprint density at radius 2 is 1.72 bits per heavy atom. The van der Waals surface area contributed by atoms with Crippen LogP contribution in [0.5, 0.6) is 0 Å². The molecule has 0 saturated heterocycles. The van der Waals surface area contributed by atoms with E-state index in [-0.39, 0.29) is 11.8 Å². The molecular weight excluding hydrogens is 384 g/mol. The standard InChI is InChI=1S/C23H32N2O3S/c1-28-7-6-24-21(26)14-29-20-5-3-2-4-19(20)22(27)25-15-23-11-16-8-17(12-23)10-18(9-16)13-23/h2-5,16-18H,6-15H2,1H3,(H,24,26)(H,25,27). The minimum absolute atomic E-state index is 0.0105. The molecule has 2 N–H and O–H groups in total. The SMILES string of the molecule is COCCNC(=O)CSc1ccccc1C(=O)NCC12CC3CC(CC(C3)C1)C2. The van der Waals surface area contributed by atoms with Gasteiger partial charge in [0.2, 0.25) is 5.91 Å². The molecule has 158 valence electrons. The van der Waals surface area contributed by atoms with E-state index < -0.39 is 0 Å². The number of nitrogens with one attached hydrogen (secondary N) is 2. The van der Waals surface area contributed by atoms with E-state index in [2.05, 4.69) is 10.6 Å². The van der Waals surface area contributed by atoms with Crippen molar-refractivity contribution < 1.29 is 14.3 Å². The van der Waals surface area contributed by atoms with Crippen molar-refractivity contribution in [2.75, 3.05) is 32.6 Å². The number of rotatable bonds is 9. The molecule has 4 fully saturated rings. The number of ether oxygens (including phenoxy) is 1. The molecule has 4 aliphatic carbocycles. The summed E-state index contributed by atoms with van der Waals surface area (Å²) >= 11 is 1.41. The second kappa shape index (κ2) is 9.09. The van der Waals surface area contributed by atoms with Gasteiger partial charge in [0.05, 0.1) is 17.9 Å². The second-order valence-electron chi connectivity index (χ2n) is 9.23. The number of carbonyl (C=O) groups is 2. The molecule has 6 heteroatoms. The fourth-order valence-electron chi connectivity index (χ4n) is 6.14. The molecular formula is C23H32N2O3S. The Bertz CT molecular complexity index is 716. The summed E-state index contributed by atoms with van der Waals surface area (Å²) in [5.41, 5.74) is 1.00. The van der Waals surface area contributed by atoms with Gasteiger partial charge in [-0.1, -0.05) is 12.1 Å². The highest BCUT2D eigenvalue weighted by Gasteiger charge is 2.50. The number of methoxy groups -OCH3 is 1. The van der Waals surface area contributed by atoms with Gasteiger partial charge in [0.25, 0.3) is 5.91 Å². The average molecular weight is 417 g/mol. The van der Waals surface area contributed by atoms with Crippen LogP contribution in [0, 0.1) is 23.2 Å². The van der Waals surface area contributed by atoms with Gasteiger partial charge in [-0.25, -0.2) is 0 Å². The molecule has 0 unspecified atom stereocenters. The molecule has 2 amide bonds. The third-order valence-corrected chi connectivity index (χ3v) is 7.98. The zero-order valence-corrected chi connectivity index (χ0v) is 18.1. The van der Waals surface area contributed by atoms with E-state index in [1.54, 1.807) is 7.11 Å². The van der Waals surface area contributed by atoms with Crippen molar-refractivity contribution in [1.29, 1.82) is 0 Å². The molecule has 4 aliphatic rings. The van der Waals surface area contributed by atoms with Crippen molar-refractivity contribution in [2.45, 2.75) is 43.4 Å². The Balaban J connectivity index is 1.33. The molecule has 0 atom stereocenters. The highest BCUT2D eigenvalue weighted by Crippen LogP contribution is 2.59. The van der Waals surface area contributed by atoms with Crippen molar-refractivity contribution in [3.05, 3.63) is 29.8 Å². The van der Waals surface area contributed by atoms with E-state index in [9.17, 15) is 9.59 Å². The normalized spacial score (nSPS) is 29.6. The largest absolute Gasteiger partial charge is 0.383 e. The Morgan fingerprint density at radius 3 is 2.38 bits per heavy atom. The molecule has 0 heterocycles. The van der Waals surface area contributed by atoms with Crippen LogP contribution in [0.4, 0.5) is 0 Å². The average Bonchev–Trinajstić information content (AvgIpc) is 2.70. The smallest absolute Gasteiger partial charge is 0.252 e. The molecule has 0 aliphatic heterocycles. The quantitative estimate of drug-likeness (QED) is 0.478. The lowest BCUT2D eigenvalue weighted by atomic mass is 9.49. The third kappa shape index (κ3) is 4.97. The maximum absolute atomic E-state index is 13.0. The number of thioether (sulfide) groups is 1. The van der Waals surface area contributed by atoms with E-state index in [0.29, 0.717) is 29.9 Å². The van der Waals surface area contributed by atoms with E-state index in [0.717, 1.165) is 29.2 Å². The van der Waals surface area contributed by atoms with Gasteiger partial charge in [-0.15, -0.1) is 11.8 Å². The zero-order valence-electron chi connectivity index (χ0n) is 17.2. The summed E-state index contributed by atoms with van der Waals surface area (Å²) in [5, 5.41) is 6.07. The number of hydrogen-bond donors (Lipinski definition) is 2. The van der Waals surface area contributed by atoms with E-state index in [1.807, 2.05) is 24.3 Å². The van der Waals surface area contributed by atoms with Crippen LogP contribution in [0.3, 0.4) is 0 Å². The topological polar surface area (TPSA) is 67.4 Å². The van der Waals surface area contributed by atoms with Crippen molar-refractivity contribution in [1.82, 2.24) is 10.6 Å². The summed E-state index contributed by atoms with van der Waals surface area (Å²) < 4.78 is 4.95. The van der Waals surface area contributed by atoms with Crippen molar-refractivity contribution in [3.63, 3.8) is 0 Å². The maximum atomic E-state index is 13.0. The highest BCUT2D eigenvalue weighted by atomic mass is 32.2. The molecule has 0 radical (unpaired) electrons. The van der Waals surface area contributed by atoms with Crippen LogP contribution in [0.25, 0.3) is 0 Å². The Kier molecular flexibility index (Phi) is 6.50. The van der Waals surface area contributed by atoms with E-state index in [4.69, 9.17) is 4.74 Å². The Morgan fingerprint density at radius 1 is 1.07 bits per heavy atom. The molecule has 0 spiro atoms. The minimum atomic E-state index is -0.0455. The van der Waals surface area contributed by atoms with Crippen molar-refractivity contribution in [3.8, 4) is 0 Å². The number of benzene rings is 1. The molecule has 5 rings (SSSR count). The lowest BCUT2D eigenvalue weighted by molar-refractivity contribution is -0.118. The summed E-state index contributed by atoms with van der Waals surface area (Å²) in [4.78, 5) is 25.8. The molecule has 4 bridgehead atoms. The minimum Gasteiger partial charge on any atom is -0.383 e. The van der Waals surface area contributed by atoms with Gasteiger partial charge < -0.3 is 15.4 Å². The number of carbonyl (C=O) groups excluding carboxylic acids is 2. The predicted octanol–water partition coefficient (Wildman–Crippen LogP) is 3.49. The lowest BCUT2D eigenvalue weighted by Gasteiger charge is -2.56. The van der Waals surface area contributed by atoms with Gasteiger partial charge in [-0.05, 0) is 73.8 Å². The van der Waals surface area contributed by atoms with Gasteiger partial charge >= 0.3 is 0 Å². The molecule has 4 saturated carbocycles. The Labute approximate surface area is 177 Å². The first-order chi connectivity index (χ1) is 14.1. The summed E-state index contributed by atoms with van der Waals surface area (Å²) in [5.74, 6) is 2.90. The van der Waals surface area contributed by atoms with Gasteiger partial charge in [0.15, 0.2) is 0 Å². The summed E-state index contributed by atoms with van der Waals surface area (Å²) in [6.07, 6.45) is 8.11. The van der Waals surface area contributed by atoms with Crippen LogP contribution >= 0.6 is 11.8 Å². The van der Waals surface area contributed by atoms with Crippen LogP contribution in [0.1, 0.15) is 48.9 Å². The van der Waals surface area contributed by atoms with Crippen LogP contribution in [0.2, 0.25) is 0 Å². The van der Waals surface area contributed by atoms with E-state index >= 15 is 0 Å². The monoisotopic (exact) mass is 416 g/mol. The maximum Gasteiger partial charge on any atom is 0.252 e. The first-order valence-electron chi connectivity index (χ1n) is 10.8. The highest BCUT2D eigenvalue weighted by molar-refractivity contribution is 8.00. The second-order valence-corrected chi connectivity index (χ2v) is 10.2. The fourth-order valence-corrected chi connectivity index (χ4v) is 7.02. The van der Waals surface area contributed by atoms with Crippen LogP contribution in [-0.2, 0) is 9.53 Å². The van der Waals surface area contributed by atoms with Crippen LogP contribution in [-0.4, -0.2) is 44.4 Å². The van der Waals surface area contributed by atoms with E-state index in [1.165, 1.54) is 50.3 Å². The summed E-state index contributed by atoms with van der Waals surface area (Å²) in [7, 11) is 1.61. The van der Waals surface area contributed by atoms with Gasteiger partial charge in [0.1, 0.15) is 0 Å². The predicted molar refractivity (Wildman–Crippen MR) is 115 cm³/mol. The first kappa shape index (κ1) is 20.7. The molecule has 29 heavy (non-hydrogen) atoms. The number of hydrogen-bond acceptors (Lipinski definition) is 4. The summed E-state index contributed by atoms with van der Waals surface area (Å²) in [6.45, 7) is 1.80. The van der Waals surface area contributed by atoms with Crippen molar-refractivity contribution >= 4 is 23.6 Å². The third-order valence-electron chi connectivity index (χ3n) is 6.91. The van der Waals surface area contributed by atoms with Gasteiger partial charge in [-0.3, -0.25) is 9.59 Å². The Hall–Kier alpha value is -1.53. The molecule has 1 aromatic carbocycles. The zero-order chi connectivity index (χ0) is 20.3. The molecule has 0 aromatic heterocycles. The first-order valence-corrected chi connectivity index (χ1v) is 11.8. The number of amides is 2. The van der Waals surface area contributed by atoms with Crippen LogP contribution < -0.4 is 10.6 Å². The van der Waals surface area contributed by atoms with Gasteiger partial charge in [0, 0.05) is 25.1 Å². The fraction of sp³-hybridized carbons (Fsp3) is 0.652. The molecule has 1 aromatic rings.